The molecule has 10 nitrogen and oxygen atoms in total. The number of nitrogens with zero attached hydrogens (tertiary/aromatic N) is 3. The van der Waals surface area contributed by atoms with Crippen molar-refractivity contribution in [3.8, 4) is 11.1 Å². The fourth-order valence-corrected chi connectivity index (χ4v) is 3.66. The van der Waals surface area contributed by atoms with Gasteiger partial charge < -0.3 is 24.3 Å². The second kappa shape index (κ2) is 12.4. The predicted molar refractivity (Wildman–Crippen MR) is 120 cm³/mol. The summed E-state index contributed by atoms with van der Waals surface area (Å²) >= 11 is 0. The number of methoxy groups -OCH3 is 1. The van der Waals surface area contributed by atoms with E-state index in [4.69, 9.17) is 24.5 Å². The average molecular weight is 454 g/mol. The van der Waals surface area contributed by atoms with Gasteiger partial charge in [0.2, 0.25) is 0 Å². The van der Waals surface area contributed by atoms with Gasteiger partial charge in [0.15, 0.2) is 6.04 Å². The molecule has 0 fully saturated rings. The summed E-state index contributed by atoms with van der Waals surface area (Å²) in [6.45, 7) is 0.969. The smallest absolute Gasteiger partial charge is 0.407 e. The van der Waals surface area contributed by atoms with Gasteiger partial charge in [0, 0.05) is 17.4 Å². The fourth-order valence-electron chi connectivity index (χ4n) is 3.66. The number of benzene rings is 2. The number of carbonyl (C=O) groups is 2. The maximum Gasteiger partial charge on any atom is 0.407 e. The number of rotatable bonds is 12. The molecule has 174 valence electrons. The Morgan fingerprint density at radius 2 is 1.67 bits per heavy atom. The number of nitrogens with one attached hydrogen (secondary N) is 1. The van der Waals surface area contributed by atoms with Gasteiger partial charge in [0.1, 0.15) is 6.61 Å². The summed E-state index contributed by atoms with van der Waals surface area (Å²) in [5, 5.41) is 5.85. The van der Waals surface area contributed by atoms with Crippen LogP contribution in [0.25, 0.3) is 21.6 Å². The van der Waals surface area contributed by atoms with Crippen molar-refractivity contribution >= 4 is 12.1 Å². The van der Waals surface area contributed by atoms with Gasteiger partial charge in [-0.1, -0.05) is 53.6 Å². The minimum absolute atomic E-state index is 0.0847. The van der Waals surface area contributed by atoms with Crippen LogP contribution in [-0.4, -0.2) is 64.8 Å². The Morgan fingerprint density at radius 1 is 1.03 bits per heavy atom. The van der Waals surface area contributed by atoms with E-state index in [1.165, 1.54) is 7.11 Å². The first-order valence-electron chi connectivity index (χ1n) is 10.5. The number of azide groups is 1. The number of alkyl carbamates (subject to hydrolysis) is 1. The second-order valence-corrected chi connectivity index (χ2v) is 7.19. The lowest BCUT2D eigenvalue weighted by molar-refractivity contribution is -0.144. The molecule has 0 saturated carbocycles. The Hall–Kier alpha value is -3.59. The zero-order valence-corrected chi connectivity index (χ0v) is 18.3. The Morgan fingerprint density at radius 3 is 2.30 bits per heavy atom. The first-order chi connectivity index (χ1) is 16.2. The maximum absolute atomic E-state index is 12.4. The van der Waals surface area contributed by atoms with Crippen molar-refractivity contribution in [2.75, 3.05) is 46.7 Å². The number of fused-ring (bicyclic) bond motifs is 3. The lowest BCUT2D eigenvalue weighted by Gasteiger charge is -2.18. The number of esters is 1. The van der Waals surface area contributed by atoms with Crippen molar-refractivity contribution in [3.05, 3.63) is 70.1 Å². The minimum Gasteiger partial charge on any atom is -0.467 e. The summed E-state index contributed by atoms with van der Waals surface area (Å²) in [4.78, 5) is 27.1. The molecule has 0 bridgehead atoms. The highest BCUT2D eigenvalue weighted by atomic mass is 16.6. The summed E-state index contributed by atoms with van der Waals surface area (Å²) < 4.78 is 20.8. The van der Waals surface area contributed by atoms with Crippen molar-refractivity contribution in [2.45, 2.75) is 12.0 Å². The van der Waals surface area contributed by atoms with E-state index >= 15 is 0 Å². The molecule has 1 N–H and O–H groups in total. The SMILES string of the molecule is COC(=O)[C@H](COCCOCCN=[N+]=[N-])NC(=O)OCC1c2ccccc2-c2ccccc21. The zero-order chi connectivity index (χ0) is 23.5. The van der Waals surface area contributed by atoms with E-state index in [1.54, 1.807) is 0 Å². The van der Waals surface area contributed by atoms with Crippen LogP contribution in [0.5, 0.6) is 0 Å². The molecule has 0 saturated heterocycles. The van der Waals surface area contributed by atoms with Gasteiger partial charge in [0.05, 0.1) is 33.5 Å². The third-order valence-electron chi connectivity index (χ3n) is 5.18. The molecule has 0 aliphatic heterocycles. The monoisotopic (exact) mass is 454 g/mol. The molecule has 0 heterocycles. The number of amides is 1. The summed E-state index contributed by atoms with van der Waals surface area (Å²) in [7, 11) is 1.23. The van der Waals surface area contributed by atoms with Gasteiger partial charge >= 0.3 is 12.1 Å². The Bertz CT molecular complexity index is 962. The molecule has 0 spiro atoms. The summed E-state index contributed by atoms with van der Waals surface area (Å²) in [6, 6.07) is 15.0. The molecule has 0 unspecified atom stereocenters. The quantitative estimate of drug-likeness (QED) is 0.172. The second-order valence-electron chi connectivity index (χ2n) is 7.19. The average Bonchev–Trinajstić information content (AvgIpc) is 3.17. The van der Waals surface area contributed by atoms with Crippen molar-refractivity contribution in [1.29, 1.82) is 0 Å². The third-order valence-corrected chi connectivity index (χ3v) is 5.18. The van der Waals surface area contributed by atoms with Gasteiger partial charge in [-0.2, -0.15) is 0 Å². The van der Waals surface area contributed by atoms with Gasteiger partial charge in [-0.3, -0.25) is 0 Å². The van der Waals surface area contributed by atoms with E-state index in [-0.39, 0.29) is 45.5 Å². The van der Waals surface area contributed by atoms with Gasteiger partial charge in [-0.25, -0.2) is 9.59 Å². The van der Waals surface area contributed by atoms with Crippen LogP contribution >= 0.6 is 0 Å². The summed E-state index contributed by atoms with van der Waals surface area (Å²) in [6.07, 6.45) is -0.735. The van der Waals surface area contributed by atoms with E-state index in [9.17, 15) is 9.59 Å². The Labute approximate surface area is 191 Å². The Kier molecular flexibility index (Phi) is 9.08. The molecule has 2 aromatic carbocycles. The largest absolute Gasteiger partial charge is 0.467 e. The molecule has 0 aromatic heterocycles. The number of hydrogen-bond donors (Lipinski definition) is 1. The van der Waals surface area contributed by atoms with E-state index in [0.29, 0.717) is 0 Å². The first-order valence-corrected chi connectivity index (χ1v) is 10.5. The number of carbonyl (C=O) groups excluding carboxylic acids is 2. The van der Waals surface area contributed by atoms with Crippen molar-refractivity contribution in [1.82, 2.24) is 5.32 Å². The molecule has 3 rings (SSSR count). The Balaban J connectivity index is 1.49. The third kappa shape index (κ3) is 6.45. The number of hydrogen-bond acceptors (Lipinski definition) is 7. The maximum atomic E-state index is 12.4. The summed E-state index contributed by atoms with van der Waals surface area (Å²) in [5.74, 6) is -0.730. The van der Waals surface area contributed by atoms with Crippen LogP contribution in [0, 0.1) is 0 Å². The first kappa shape index (κ1) is 24.1. The van der Waals surface area contributed by atoms with Crippen molar-refractivity contribution in [2.24, 2.45) is 5.11 Å². The molecule has 1 aliphatic rings. The van der Waals surface area contributed by atoms with Crippen LogP contribution in [-0.2, 0) is 23.7 Å². The number of ether oxygens (including phenoxy) is 4. The standard InChI is InChI=1S/C23H26N4O6/c1-30-22(28)21(15-32-13-12-31-11-10-25-27-24)26-23(29)33-14-20-18-8-4-2-6-16(18)17-7-3-5-9-19(17)20/h2-9,20-21H,10-15H2,1H3,(H,26,29)/t21-/m0/s1. The molecule has 1 atom stereocenters. The fraction of sp³-hybridized carbons (Fsp3) is 0.391. The van der Waals surface area contributed by atoms with Crippen LogP contribution in [0.1, 0.15) is 17.0 Å². The predicted octanol–water partition coefficient (Wildman–Crippen LogP) is 3.41. The normalized spacial score (nSPS) is 12.8. The highest BCUT2D eigenvalue weighted by molar-refractivity contribution is 5.82. The highest BCUT2D eigenvalue weighted by Gasteiger charge is 2.30. The minimum atomic E-state index is -1.02. The molecule has 1 aliphatic carbocycles. The lowest BCUT2D eigenvalue weighted by atomic mass is 9.98. The topological polar surface area (TPSA) is 132 Å². The highest BCUT2D eigenvalue weighted by Crippen LogP contribution is 2.44. The lowest BCUT2D eigenvalue weighted by Crippen LogP contribution is -2.45. The van der Waals surface area contributed by atoms with Crippen LogP contribution in [0.3, 0.4) is 0 Å². The van der Waals surface area contributed by atoms with E-state index in [2.05, 4.69) is 27.5 Å². The van der Waals surface area contributed by atoms with E-state index < -0.39 is 18.1 Å². The van der Waals surface area contributed by atoms with Crippen LogP contribution in [0.4, 0.5) is 4.79 Å². The molecule has 2 aromatic rings. The zero-order valence-electron chi connectivity index (χ0n) is 18.3. The van der Waals surface area contributed by atoms with Gasteiger partial charge in [0.25, 0.3) is 0 Å². The van der Waals surface area contributed by atoms with Gasteiger partial charge in [-0.05, 0) is 27.8 Å². The van der Waals surface area contributed by atoms with Crippen molar-refractivity contribution in [3.63, 3.8) is 0 Å². The van der Waals surface area contributed by atoms with E-state index in [0.717, 1.165) is 22.3 Å². The molecular formula is C23H26N4O6. The van der Waals surface area contributed by atoms with Crippen LogP contribution in [0.2, 0.25) is 0 Å². The van der Waals surface area contributed by atoms with E-state index in [1.807, 2.05) is 36.4 Å². The van der Waals surface area contributed by atoms with Crippen LogP contribution in [0.15, 0.2) is 53.6 Å². The summed E-state index contributed by atoms with van der Waals surface area (Å²) in [5.41, 5.74) is 12.6. The molecule has 10 heteroatoms. The van der Waals surface area contributed by atoms with Crippen molar-refractivity contribution < 1.29 is 28.5 Å². The van der Waals surface area contributed by atoms with Gasteiger partial charge in [-0.15, -0.1) is 0 Å². The molecule has 33 heavy (non-hydrogen) atoms. The molecular weight excluding hydrogens is 428 g/mol. The molecule has 1 amide bonds. The van der Waals surface area contributed by atoms with Crippen LogP contribution < -0.4 is 5.32 Å². The molecule has 0 radical (unpaired) electrons.